The molecule has 0 amide bonds. The van der Waals surface area contributed by atoms with E-state index in [4.69, 9.17) is 9.47 Å². The van der Waals surface area contributed by atoms with Crippen molar-refractivity contribution in [2.45, 2.75) is 12.2 Å². The average Bonchev–Trinajstić information content (AvgIpc) is 3.04. The highest BCUT2D eigenvalue weighted by Crippen LogP contribution is 2.10. The van der Waals surface area contributed by atoms with Gasteiger partial charge in [-0.3, -0.25) is 9.68 Å². The topological polar surface area (TPSA) is 108 Å². The van der Waals surface area contributed by atoms with Gasteiger partial charge in [0.1, 0.15) is 12.2 Å². The monoisotopic (exact) mass is 221 g/mol. The lowest BCUT2D eigenvalue weighted by atomic mass is 10.5. The predicted octanol–water partition coefficient (Wildman–Crippen LogP) is -1.33. The fourth-order valence-electron chi connectivity index (χ4n) is 0.755. The molecule has 2 heterocycles. The van der Waals surface area contributed by atoms with E-state index in [1.165, 1.54) is 0 Å². The van der Waals surface area contributed by atoms with E-state index in [2.05, 4.69) is 9.68 Å². The van der Waals surface area contributed by atoms with E-state index in [1.807, 2.05) is 0 Å². The molecule has 1 N–H and O–H groups in total. The van der Waals surface area contributed by atoms with Gasteiger partial charge in [0.2, 0.25) is 0 Å². The first kappa shape index (κ1) is 11.1. The summed E-state index contributed by atoms with van der Waals surface area (Å²) in [5, 5.41) is 21.5. The molecule has 2 aliphatic heterocycles. The predicted molar refractivity (Wildman–Crippen MR) is 44.9 cm³/mol. The third-order valence-electron chi connectivity index (χ3n) is 1.72. The van der Waals surface area contributed by atoms with Gasteiger partial charge in [-0.25, -0.2) is 0 Å². The molecule has 0 aromatic rings. The molecule has 2 fully saturated rings. The summed E-state index contributed by atoms with van der Waals surface area (Å²) >= 11 is 0. The van der Waals surface area contributed by atoms with Crippen molar-refractivity contribution >= 4 is 0 Å². The second-order valence-electron chi connectivity index (χ2n) is 3.12. The SMILES string of the molecule is [O-]N(NN([O-])OCC1CO1)OCC1CO1. The average molecular weight is 221 g/mol. The van der Waals surface area contributed by atoms with Crippen LogP contribution >= 0.6 is 0 Å². The quantitative estimate of drug-likeness (QED) is 0.393. The molecule has 9 heteroatoms. The third kappa shape index (κ3) is 4.79. The van der Waals surface area contributed by atoms with E-state index in [0.29, 0.717) is 13.2 Å². The Balaban J connectivity index is 1.48. The van der Waals surface area contributed by atoms with Crippen molar-refractivity contribution in [3.05, 3.63) is 10.4 Å². The number of ether oxygens (including phenoxy) is 2. The van der Waals surface area contributed by atoms with Gasteiger partial charge in [-0.2, -0.15) is 16.2 Å². The summed E-state index contributed by atoms with van der Waals surface area (Å²) in [7, 11) is 0. The molecule has 0 bridgehead atoms. The van der Waals surface area contributed by atoms with Crippen LogP contribution in [-0.4, -0.2) is 49.3 Å². The first-order chi connectivity index (χ1) is 7.24. The minimum absolute atomic E-state index is 0.0517. The maximum atomic E-state index is 10.8. The number of nitrogens with one attached hydrogen (secondary N) is 1. The van der Waals surface area contributed by atoms with Crippen LogP contribution in [0.2, 0.25) is 0 Å². The van der Waals surface area contributed by atoms with E-state index in [1.54, 1.807) is 5.53 Å². The lowest BCUT2D eigenvalue weighted by molar-refractivity contribution is -0.276. The van der Waals surface area contributed by atoms with Gasteiger partial charge in [-0.15, -0.1) is 0 Å². The van der Waals surface area contributed by atoms with Crippen molar-refractivity contribution in [1.82, 2.24) is 16.2 Å². The van der Waals surface area contributed by atoms with Gasteiger partial charge in [-0.1, -0.05) is 0 Å². The molecular weight excluding hydrogens is 210 g/mol. The van der Waals surface area contributed by atoms with Gasteiger partial charge in [-0.05, 0) is 0 Å². The van der Waals surface area contributed by atoms with Crippen LogP contribution in [0.5, 0.6) is 0 Å². The smallest absolute Gasteiger partial charge is 0.106 e. The maximum absolute atomic E-state index is 10.8. The highest BCUT2D eigenvalue weighted by molar-refractivity contribution is 4.67. The maximum Gasteiger partial charge on any atom is 0.106 e. The Morgan fingerprint density at radius 2 is 1.47 bits per heavy atom. The summed E-state index contributed by atoms with van der Waals surface area (Å²) in [6.07, 6.45) is -0.103. The zero-order valence-electron chi connectivity index (χ0n) is 7.83. The Labute approximate surface area is 85.4 Å². The Morgan fingerprint density at radius 3 is 1.80 bits per heavy atom. The van der Waals surface area contributed by atoms with Crippen LogP contribution in [0.4, 0.5) is 0 Å². The van der Waals surface area contributed by atoms with Crippen molar-refractivity contribution < 1.29 is 19.1 Å². The van der Waals surface area contributed by atoms with Gasteiger partial charge in [0, 0.05) is 0 Å². The molecule has 88 valence electrons. The van der Waals surface area contributed by atoms with Gasteiger partial charge in [0.05, 0.1) is 26.4 Å². The zero-order valence-corrected chi connectivity index (χ0v) is 7.83. The minimum atomic E-state index is -0.0809. The fraction of sp³-hybridized carbons (Fsp3) is 1.00. The van der Waals surface area contributed by atoms with Crippen LogP contribution in [-0.2, 0) is 19.1 Å². The van der Waals surface area contributed by atoms with E-state index >= 15 is 0 Å². The standard InChI is InChI=1S/C6H11N3O6/c10-8(14-3-5-1-12-5)7-9(11)15-4-6-2-13-6/h5-7H,1-4H2/q-2. The summed E-state index contributed by atoms with van der Waals surface area (Å²) in [4.78, 5) is 9.10. The molecule has 0 radical (unpaired) electrons. The molecule has 9 nitrogen and oxygen atoms in total. The minimum Gasteiger partial charge on any atom is -0.747 e. The van der Waals surface area contributed by atoms with Crippen LogP contribution < -0.4 is 5.53 Å². The summed E-state index contributed by atoms with van der Waals surface area (Å²) in [6.45, 7) is 1.36. The molecule has 2 saturated heterocycles. The van der Waals surface area contributed by atoms with Crippen LogP contribution in [0.15, 0.2) is 0 Å². The second kappa shape index (κ2) is 5.12. The summed E-state index contributed by atoms with van der Waals surface area (Å²) < 4.78 is 9.59. The Bertz CT molecular complexity index is 179. The number of nitrogens with zero attached hydrogens (tertiary/aromatic N) is 2. The van der Waals surface area contributed by atoms with Crippen LogP contribution in [0.25, 0.3) is 0 Å². The Morgan fingerprint density at radius 1 is 1.07 bits per heavy atom. The van der Waals surface area contributed by atoms with E-state index in [9.17, 15) is 10.4 Å². The molecule has 2 aliphatic rings. The normalized spacial score (nSPS) is 28.8. The molecule has 0 aliphatic carbocycles. The van der Waals surface area contributed by atoms with E-state index in [0.717, 1.165) is 0 Å². The molecule has 2 atom stereocenters. The van der Waals surface area contributed by atoms with E-state index in [-0.39, 0.29) is 36.1 Å². The fourth-order valence-corrected chi connectivity index (χ4v) is 0.755. The molecule has 0 saturated carbocycles. The largest absolute Gasteiger partial charge is 0.747 e. The first-order valence-electron chi connectivity index (χ1n) is 4.44. The number of hydrogen-bond acceptors (Lipinski definition) is 9. The first-order valence-corrected chi connectivity index (χ1v) is 4.44. The Hall–Kier alpha value is -0.360. The molecule has 2 rings (SSSR count). The molecule has 0 aromatic heterocycles. The van der Waals surface area contributed by atoms with Crippen molar-refractivity contribution in [3.8, 4) is 0 Å². The number of hydrogen-bond donors (Lipinski definition) is 1. The lowest BCUT2D eigenvalue weighted by Gasteiger charge is -2.36. The third-order valence-corrected chi connectivity index (χ3v) is 1.72. The second-order valence-corrected chi connectivity index (χ2v) is 3.12. The lowest BCUT2D eigenvalue weighted by Crippen LogP contribution is -2.44. The van der Waals surface area contributed by atoms with Crippen molar-refractivity contribution in [1.29, 1.82) is 0 Å². The molecule has 15 heavy (non-hydrogen) atoms. The highest BCUT2D eigenvalue weighted by atomic mass is 17.0. The summed E-state index contributed by atoms with van der Waals surface area (Å²) in [5.41, 5.74) is 1.75. The number of epoxide rings is 2. The van der Waals surface area contributed by atoms with Crippen LogP contribution in [0.1, 0.15) is 0 Å². The van der Waals surface area contributed by atoms with Gasteiger partial charge in [0.25, 0.3) is 0 Å². The molecule has 0 aromatic carbocycles. The Kier molecular flexibility index (Phi) is 3.80. The van der Waals surface area contributed by atoms with Gasteiger partial charge >= 0.3 is 0 Å². The number of rotatable bonds is 8. The summed E-state index contributed by atoms with van der Waals surface area (Å²) in [6, 6.07) is 0. The highest BCUT2D eigenvalue weighted by Gasteiger charge is 2.23. The van der Waals surface area contributed by atoms with E-state index < -0.39 is 0 Å². The van der Waals surface area contributed by atoms with Crippen LogP contribution in [0, 0.1) is 10.4 Å². The zero-order chi connectivity index (χ0) is 10.7. The van der Waals surface area contributed by atoms with Gasteiger partial charge < -0.3 is 19.9 Å². The van der Waals surface area contributed by atoms with Crippen molar-refractivity contribution in [3.63, 3.8) is 0 Å². The molecular formula is C6H11N3O6-2. The van der Waals surface area contributed by atoms with Gasteiger partial charge in [0.15, 0.2) is 0 Å². The molecule has 0 spiro atoms. The summed E-state index contributed by atoms with van der Waals surface area (Å²) in [5.74, 6) is 0. The molecule has 2 unspecified atom stereocenters. The number of hydrazine groups is 2. The van der Waals surface area contributed by atoms with Crippen LogP contribution in [0.3, 0.4) is 0 Å². The van der Waals surface area contributed by atoms with Crippen molar-refractivity contribution in [2.75, 3.05) is 26.4 Å². The van der Waals surface area contributed by atoms with Crippen molar-refractivity contribution in [2.24, 2.45) is 0 Å².